The van der Waals surface area contributed by atoms with Gasteiger partial charge in [0.25, 0.3) is 0 Å². The molecule has 0 unspecified atom stereocenters. The molecular formula is C13H13N5. The normalized spacial score (nSPS) is 10.8. The van der Waals surface area contributed by atoms with Gasteiger partial charge in [-0.15, -0.1) is 0 Å². The second-order valence-corrected chi connectivity index (χ2v) is 4.26. The summed E-state index contributed by atoms with van der Waals surface area (Å²) in [4.78, 5) is 18.0. The first-order chi connectivity index (χ1) is 8.74. The molecule has 0 aliphatic rings. The topological polar surface area (TPSA) is 57.7 Å². The van der Waals surface area contributed by atoms with E-state index < -0.39 is 0 Å². The van der Waals surface area contributed by atoms with Crippen LogP contribution in [0.25, 0.3) is 22.7 Å². The molecule has 5 heteroatoms. The number of benzene rings is 1. The van der Waals surface area contributed by atoms with Gasteiger partial charge in [-0.25, -0.2) is 15.0 Å². The molecule has 0 saturated heterocycles. The Hall–Kier alpha value is -2.43. The predicted molar refractivity (Wildman–Crippen MR) is 71.4 cm³/mol. The van der Waals surface area contributed by atoms with Crippen molar-refractivity contribution in [2.24, 2.45) is 0 Å². The monoisotopic (exact) mass is 239 g/mol. The predicted octanol–water partition coefficient (Wildman–Crippen LogP) is 2.09. The summed E-state index contributed by atoms with van der Waals surface area (Å²) in [5.74, 6) is 0.793. The van der Waals surface area contributed by atoms with Crippen LogP contribution < -0.4 is 4.90 Å². The minimum atomic E-state index is 0.643. The van der Waals surface area contributed by atoms with Gasteiger partial charge in [-0.1, -0.05) is 0 Å². The number of fused-ring (bicyclic) bond motifs is 1. The highest BCUT2D eigenvalue weighted by Gasteiger charge is 2.06. The molecule has 0 atom stereocenters. The maximum absolute atomic E-state index is 4.41. The molecule has 18 heavy (non-hydrogen) atoms. The lowest BCUT2D eigenvalue weighted by atomic mass is 10.2. The van der Waals surface area contributed by atoms with Crippen molar-refractivity contribution >= 4 is 17.0 Å². The van der Waals surface area contributed by atoms with Crippen LogP contribution in [0.4, 0.5) is 5.69 Å². The second kappa shape index (κ2) is 4.10. The molecule has 2 aromatic heterocycles. The van der Waals surface area contributed by atoms with Gasteiger partial charge >= 0.3 is 0 Å². The van der Waals surface area contributed by atoms with Gasteiger partial charge in [0.05, 0.1) is 0 Å². The van der Waals surface area contributed by atoms with Crippen molar-refractivity contribution in [3.63, 3.8) is 0 Å². The molecule has 3 aromatic rings. The van der Waals surface area contributed by atoms with Crippen LogP contribution in [-0.4, -0.2) is 34.0 Å². The highest BCUT2D eigenvalue weighted by molar-refractivity contribution is 5.72. The van der Waals surface area contributed by atoms with Crippen LogP contribution in [0.5, 0.6) is 0 Å². The lowest BCUT2D eigenvalue weighted by Gasteiger charge is -2.11. The summed E-state index contributed by atoms with van der Waals surface area (Å²) >= 11 is 0. The van der Waals surface area contributed by atoms with E-state index in [0.717, 1.165) is 17.1 Å². The molecule has 90 valence electrons. The zero-order chi connectivity index (χ0) is 12.5. The van der Waals surface area contributed by atoms with Gasteiger partial charge in [0.2, 0.25) is 0 Å². The van der Waals surface area contributed by atoms with Gasteiger partial charge < -0.3 is 9.88 Å². The number of nitrogens with one attached hydrogen (secondary N) is 1. The number of rotatable bonds is 2. The van der Waals surface area contributed by atoms with Gasteiger partial charge in [0.1, 0.15) is 5.82 Å². The highest BCUT2D eigenvalue weighted by atomic mass is 15.1. The molecule has 0 aliphatic carbocycles. The lowest BCUT2D eigenvalue weighted by molar-refractivity contribution is 1.13. The van der Waals surface area contributed by atoms with Crippen LogP contribution in [0.2, 0.25) is 0 Å². The van der Waals surface area contributed by atoms with Gasteiger partial charge in [-0.3, -0.25) is 0 Å². The van der Waals surface area contributed by atoms with Gasteiger partial charge in [0, 0.05) is 37.7 Å². The summed E-state index contributed by atoms with van der Waals surface area (Å²) in [6.07, 6.45) is 3.29. The molecule has 0 saturated carbocycles. The number of aromatic nitrogens is 4. The summed E-state index contributed by atoms with van der Waals surface area (Å²) in [5.41, 5.74) is 3.54. The van der Waals surface area contributed by atoms with Crippen LogP contribution in [0.15, 0.2) is 36.7 Å². The van der Waals surface area contributed by atoms with E-state index in [2.05, 4.69) is 37.0 Å². The van der Waals surface area contributed by atoms with Crippen molar-refractivity contribution in [2.75, 3.05) is 19.0 Å². The molecule has 5 nitrogen and oxygen atoms in total. The van der Waals surface area contributed by atoms with Gasteiger partial charge in [0.15, 0.2) is 11.3 Å². The summed E-state index contributed by atoms with van der Waals surface area (Å²) in [6, 6.07) is 8.19. The number of anilines is 1. The second-order valence-electron chi connectivity index (χ2n) is 4.26. The fourth-order valence-electron chi connectivity index (χ4n) is 1.80. The third kappa shape index (κ3) is 1.79. The van der Waals surface area contributed by atoms with E-state index in [1.54, 1.807) is 12.4 Å². The van der Waals surface area contributed by atoms with Crippen molar-refractivity contribution < 1.29 is 0 Å². The Bertz CT molecular complexity index is 636. The largest absolute Gasteiger partial charge is 0.378 e. The zero-order valence-corrected chi connectivity index (χ0v) is 10.3. The third-order valence-electron chi connectivity index (χ3n) is 2.79. The molecule has 2 heterocycles. The van der Waals surface area contributed by atoms with Crippen LogP contribution in [0, 0.1) is 0 Å². The molecule has 0 fully saturated rings. The van der Waals surface area contributed by atoms with Crippen LogP contribution in [0.3, 0.4) is 0 Å². The molecule has 1 aromatic carbocycles. The Morgan fingerprint density at radius 1 is 1.00 bits per heavy atom. The quantitative estimate of drug-likeness (QED) is 0.744. The lowest BCUT2D eigenvalue weighted by Crippen LogP contribution is -2.07. The fourth-order valence-corrected chi connectivity index (χ4v) is 1.80. The van der Waals surface area contributed by atoms with Crippen molar-refractivity contribution in [1.82, 2.24) is 19.9 Å². The van der Waals surface area contributed by atoms with Crippen LogP contribution in [-0.2, 0) is 0 Å². The van der Waals surface area contributed by atoms with Gasteiger partial charge in [-0.2, -0.15) is 0 Å². The van der Waals surface area contributed by atoms with E-state index in [1.807, 2.05) is 26.2 Å². The smallest absolute Gasteiger partial charge is 0.197 e. The number of hydrogen-bond acceptors (Lipinski definition) is 4. The third-order valence-corrected chi connectivity index (χ3v) is 2.79. The van der Waals surface area contributed by atoms with E-state index in [1.165, 1.54) is 0 Å². The van der Waals surface area contributed by atoms with Crippen molar-refractivity contribution in [1.29, 1.82) is 0 Å². The standard InChI is InChI=1S/C13H13N5/c1-18(2)10-5-3-9(4-6-10)11-16-12-13(17-11)15-8-7-14-12/h3-8H,1-2H3,(H,14,15,16,17). The average molecular weight is 239 g/mol. The van der Waals surface area contributed by atoms with E-state index in [9.17, 15) is 0 Å². The summed E-state index contributed by atoms with van der Waals surface area (Å²) in [5, 5.41) is 0. The first kappa shape index (κ1) is 10.7. The Morgan fingerprint density at radius 3 is 2.39 bits per heavy atom. The first-order valence-electron chi connectivity index (χ1n) is 5.68. The molecule has 0 spiro atoms. The Labute approximate surface area is 105 Å². The first-order valence-corrected chi connectivity index (χ1v) is 5.68. The van der Waals surface area contributed by atoms with Crippen molar-refractivity contribution in [3.8, 4) is 11.4 Å². The minimum absolute atomic E-state index is 0.643. The van der Waals surface area contributed by atoms with Crippen LogP contribution >= 0.6 is 0 Å². The van der Waals surface area contributed by atoms with Crippen molar-refractivity contribution in [2.45, 2.75) is 0 Å². The molecule has 0 radical (unpaired) electrons. The summed E-state index contributed by atoms with van der Waals surface area (Å²) in [6.45, 7) is 0. The van der Waals surface area contributed by atoms with E-state index in [4.69, 9.17) is 0 Å². The highest BCUT2D eigenvalue weighted by Crippen LogP contribution is 2.21. The zero-order valence-electron chi connectivity index (χ0n) is 10.3. The molecule has 0 bridgehead atoms. The maximum Gasteiger partial charge on any atom is 0.197 e. The van der Waals surface area contributed by atoms with Gasteiger partial charge in [-0.05, 0) is 24.3 Å². The maximum atomic E-state index is 4.41. The number of hydrogen-bond donors (Lipinski definition) is 1. The molecular weight excluding hydrogens is 226 g/mol. The number of H-pyrrole nitrogens is 1. The molecule has 3 rings (SSSR count). The van der Waals surface area contributed by atoms with E-state index in [-0.39, 0.29) is 0 Å². The van der Waals surface area contributed by atoms with Crippen molar-refractivity contribution in [3.05, 3.63) is 36.7 Å². The molecule has 0 amide bonds. The Morgan fingerprint density at radius 2 is 1.72 bits per heavy atom. The minimum Gasteiger partial charge on any atom is -0.378 e. The molecule has 1 N–H and O–H groups in total. The average Bonchev–Trinajstić information content (AvgIpc) is 2.82. The number of imidazole rings is 1. The molecule has 0 aliphatic heterocycles. The SMILES string of the molecule is CN(C)c1ccc(-c2nc3nccnc3[nH]2)cc1. The van der Waals surface area contributed by atoms with Crippen LogP contribution in [0.1, 0.15) is 0 Å². The van der Waals surface area contributed by atoms with E-state index >= 15 is 0 Å². The Kier molecular flexibility index (Phi) is 2.44. The fraction of sp³-hybridized carbons (Fsp3) is 0.154. The van der Waals surface area contributed by atoms with E-state index in [0.29, 0.717) is 11.3 Å². The summed E-state index contributed by atoms with van der Waals surface area (Å²) < 4.78 is 0. The summed E-state index contributed by atoms with van der Waals surface area (Å²) in [7, 11) is 4.04. The number of nitrogens with zero attached hydrogens (tertiary/aromatic N) is 4. The Balaban J connectivity index is 2.03. The number of aromatic amines is 1.